The zero-order valence-electron chi connectivity index (χ0n) is 8.42. The molecule has 0 bridgehead atoms. The van der Waals surface area contributed by atoms with Gasteiger partial charge in [0.15, 0.2) is 0 Å². The molecule has 0 unspecified atom stereocenters. The van der Waals surface area contributed by atoms with Gasteiger partial charge in [-0.15, -0.1) is 0 Å². The van der Waals surface area contributed by atoms with Crippen LogP contribution in [0.4, 0.5) is 0 Å². The lowest BCUT2D eigenvalue weighted by Crippen LogP contribution is -2.36. The quantitative estimate of drug-likeness (QED) is 0.665. The van der Waals surface area contributed by atoms with E-state index in [1.54, 1.807) is 0 Å². The molecule has 2 saturated heterocycles. The van der Waals surface area contributed by atoms with Gasteiger partial charge in [-0.25, -0.2) is 0 Å². The van der Waals surface area contributed by atoms with Crippen LogP contribution in [0.25, 0.3) is 0 Å². The van der Waals surface area contributed by atoms with Crippen molar-refractivity contribution >= 4 is 5.91 Å². The summed E-state index contributed by atoms with van der Waals surface area (Å²) >= 11 is 0. The first-order chi connectivity index (χ1) is 6.86. The third-order valence-corrected chi connectivity index (χ3v) is 2.96. The summed E-state index contributed by atoms with van der Waals surface area (Å²) in [5, 5.41) is 6.15. The second-order valence-corrected chi connectivity index (χ2v) is 4.07. The van der Waals surface area contributed by atoms with E-state index in [0.29, 0.717) is 6.54 Å². The summed E-state index contributed by atoms with van der Waals surface area (Å²) in [6.45, 7) is 3.34. The molecule has 2 rings (SSSR count). The van der Waals surface area contributed by atoms with E-state index >= 15 is 0 Å². The van der Waals surface area contributed by atoms with Crippen LogP contribution in [0.2, 0.25) is 0 Å². The van der Waals surface area contributed by atoms with Crippen LogP contribution in [-0.2, 0) is 9.53 Å². The van der Waals surface area contributed by atoms with Gasteiger partial charge in [0.05, 0.1) is 12.0 Å². The topological polar surface area (TPSA) is 50.4 Å². The molecule has 0 aromatic carbocycles. The monoisotopic (exact) mass is 198 g/mol. The van der Waals surface area contributed by atoms with Gasteiger partial charge in [-0.2, -0.15) is 0 Å². The second kappa shape index (κ2) is 4.75. The molecule has 0 aromatic rings. The lowest BCUT2D eigenvalue weighted by molar-refractivity contribution is -0.124. The van der Waals surface area contributed by atoms with Gasteiger partial charge in [0.25, 0.3) is 0 Å². The van der Waals surface area contributed by atoms with Crippen molar-refractivity contribution in [3.63, 3.8) is 0 Å². The molecule has 0 saturated carbocycles. The Hall–Kier alpha value is -0.610. The van der Waals surface area contributed by atoms with E-state index in [0.717, 1.165) is 39.0 Å². The van der Waals surface area contributed by atoms with Crippen molar-refractivity contribution in [1.82, 2.24) is 10.6 Å². The second-order valence-electron chi connectivity index (χ2n) is 4.07. The van der Waals surface area contributed by atoms with Crippen molar-refractivity contribution in [2.24, 2.45) is 5.92 Å². The van der Waals surface area contributed by atoms with Crippen LogP contribution < -0.4 is 10.6 Å². The highest BCUT2D eigenvalue weighted by Crippen LogP contribution is 2.11. The van der Waals surface area contributed by atoms with Gasteiger partial charge >= 0.3 is 0 Å². The minimum atomic E-state index is 0.177. The number of nitrogens with one attached hydrogen (secondary N) is 2. The average Bonchev–Trinajstić information content (AvgIpc) is 2.87. The van der Waals surface area contributed by atoms with Crippen LogP contribution in [0.3, 0.4) is 0 Å². The predicted octanol–water partition coefficient (Wildman–Crippen LogP) is -0.109. The highest BCUT2D eigenvalue weighted by molar-refractivity contribution is 5.79. The summed E-state index contributed by atoms with van der Waals surface area (Å²) < 4.78 is 5.44. The minimum Gasteiger partial charge on any atom is -0.376 e. The first kappa shape index (κ1) is 9.93. The summed E-state index contributed by atoms with van der Waals surface area (Å²) in [6, 6.07) is 0. The summed E-state index contributed by atoms with van der Waals surface area (Å²) in [6.07, 6.45) is 3.44. The van der Waals surface area contributed by atoms with E-state index in [9.17, 15) is 4.79 Å². The first-order valence-electron chi connectivity index (χ1n) is 5.46. The van der Waals surface area contributed by atoms with Crippen LogP contribution in [0.15, 0.2) is 0 Å². The number of ether oxygens (including phenoxy) is 1. The summed E-state index contributed by atoms with van der Waals surface area (Å²) in [5.41, 5.74) is 0. The number of hydrogen-bond donors (Lipinski definition) is 2. The van der Waals surface area contributed by atoms with E-state index in [-0.39, 0.29) is 17.9 Å². The van der Waals surface area contributed by atoms with Gasteiger partial charge in [-0.05, 0) is 25.8 Å². The Balaban J connectivity index is 1.66. The van der Waals surface area contributed by atoms with Crippen molar-refractivity contribution in [3.8, 4) is 0 Å². The molecular formula is C10H18N2O2. The molecule has 2 heterocycles. The fourth-order valence-corrected chi connectivity index (χ4v) is 2.04. The van der Waals surface area contributed by atoms with Gasteiger partial charge in [0.1, 0.15) is 0 Å². The van der Waals surface area contributed by atoms with Crippen LogP contribution in [0.5, 0.6) is 0 Å². The molecule has 4 nitrogen and oxygen atoms in total. The maximum absolute atomic E-state index is 11.6. The molecule has 0 aromatic heterocycles. The van der Waals surface area contributed by atoms with Crippen LogP contribution in [-0.4, -0.2) is 38.3 Å². The molecule has 80 valence electrons. The number of rotatable bonds is 3. The molecule has 2 N–H and O–H groups in total. The summed E-state index contributed by atoms with van der Waals surface area (Å²) in [4.78, 5) is 11.6. The average molecular weight is 198 g/mol. The van der Waals surface area contributed by atoms with Gasteiger partial charge in [0.2, 0.25) is 5.91 Å². The molecule has 0 aliphatic carbocycles. The number of carbonyl (C=O) groups is 1. The Morgan fingerprint density at radius 3 is 3.07 bits per heavy atom. The van der Waals surface area contributed by atoms with Crippen LogP contribution >= 0.6 is 0 Å². The molecule has 14 heavy (non-hydrogen) atoms. The van der Waals surface area contributed by atoms with Gasteiger partial charge in [0, 0.05) is 19.7 Å². The highest BCUT2D eigenvalue weighted by Gasteiger charge is 2.23. The molecule has 0 spiro atoms. The Kier molecular flexibility index (Phi) is 3.37. The Morgan fingerprint density at radius 2 is 2.43 bits per heavy atom. The maximum Gasteiger partial charge on any atom is 0.224 e. The van der Waals surface area contributed by atoms with E-state index in [4.69, 9.17) is 4.74 Å². The minimum absolute atomic E-state index is 0.177. The van der Waals surface area contributed by atoms with Crippen molar-refractivity contribution < 1.29 is 9.53 Å². The largest absolute Gasteiger partial charge is 0.376 e. The van der Waals surface area contributed by atoms with Gasteiger partial charge in [-0.3, -0.25) is 4.79 Å². The van der Waals surface area contributed by atoms with Crippen molar-refractivity contribution in [2.75, 3.05) is 26.2 Å². The third-order valence-electron chi connectivity index (χ3n) is 2.96. The van der Waals surface area contributed by atoms with Crippen molar-refractivity contribution in [2.45, 2.75) is 25.4 Å². The predicted molar refractivity (Wildman–Crippen MR) is 53.0 cm³/mol. The number of amides is 1. The lowest BCUT2D eigenvalue weighted by atomic mass is 10.1. The fraction of sp³-hybridized carbons (Fsp3) is 0.900. The molecule has 2 fully saturated rings. The van der Waals surface area contributed by atoms with Crippen LogP contribution in [0, 0.1) is 5.92 Å². The summed E-state index contributed by atoms with van der Waals surface area (Å²) in [7, 11) is 0. The first-order valence-corrected chi connectivity index (χ1v) is 5.46. The van der Waals surface area contributed by atoms with Gasteiger partial charge < -0.3 is 15.4 Å². The molecular weight excluding hydrogens is 180 g/mol. The standard InChI is InChI=1S/C10H18N2O2/c13-10(8-3-4-11-6-8)12-7-9-2-1-5-14-9/h8-9,11H,1-7H2,(H,12,13)/t8-,9-/m1/s1. The molecule has 1 amide bonds. The van der Waals surface area contributed by atoms with E-state index in [1.165, 1.54) is 0 Å². The molecule has 0 radical (unpaired) electrons. The third kappa shape index (κ3) is 2.45. The molecule has 4 heteroatoms. The van der Waals surface area contributed by atoms with Gasteiger partial charge in [-0.1, -0.05) is 0 Å². The smallest absolute Gasteiger partial charge is 0.224 e. The zero-order chi connectivity index (χ0) is 9.80. The van der Waals surface area contributed by atoms with E-state index < -0.39 is 0 Å². The Morgan fingerprint density at radius 1 is 1.50 bits per heavy atom. The van der Waals surface area contributed by atoms with E-state index in [1.807, 2.05) is 0 Å². The van der Waals surface area contributed by atoms with Crippen LogP contribution in [0.1, 0.15) is 19.3 Å². The van der Waals surface area contributed by atoms with Crippen molar-refractivity contribution in [1.29, 1.82) is 0 Å². The maximum atomic E-state index is 11.6. The fourth-order valence-electron chi connectivity index (χ4n) is 2.04. The zero-order valence-corrected chi connectivity index (χ0v) is 8.42. The van der Waals surface area contributed by atoms with Crippen molar-refractivity contribution in [3.05, 3.63) is 0 Å². The Labute approximate surface area is 84.4 Å². The summed E-state index contributed by atoms with van der Waals surface area (Å²) in [5.74, 6) is 0.363. The lowest BCUT2D eigenvalue weighted by Gasteiger charge is -2.13. The Bertz CT molecular complexity index is 196. The number of hydrogen-bond acceptors (Lipinski definition) is 3. The van der Waals surface area contributed by atoms with E-state index in [2.05, 4.69) is 10.6 Å². The molecule has 2 aliphatic heterocycles. The normalized spacial score (nSPS) is 32.0. The highest BCUT2D eigenvalue weighted by atomic mass is 16.5. The SMILES string of the molecule is O=C(NC[C@H]1CCCO1)[C@@H]1CCNC1. The molecule has 2 atom stereocenters. The number of carbonyl (C=O) groups excluding carboxylic acids is 1. The molecule has 2 aliphatic rings.